The number of imidazole rings is 1. The third-order valence-electron chi connectivity index (χ3n) is 7.03. The molecule has 0 unspecified atom stereocenters. The molecule has 3 N–H and O–H groups in total. The number of rotatable bonds is 5. The van der Waals surface area contributed by atoms with Crippen molar-refractivity contribution >= 4 is 39.8 Å². The molecule has 3 heterocycles. The first-order chi connectivity index (χ1) is 18.0. The van der Waals surface area contributed by atoms with Gasteiger partial charge in [0.1, 0.15) is 28.6 Å². The number of para-hydroxylation sites is 1. The second kappa shape index (κ2) is 9.37. The minimum Gasteiger partial charge on any atom is -0.481 e. The number of hydrogen-bond acceptors (Lipinski definition) is 6. The van der Waals surface area contributed by atoms with Crippen LogP contribution in [0.3, 0.4) is 0 Å². The summed E-state index contributed by atoms with van der Waals surface area (Å²) in [4.78, 5) is 25.5. The van der Waals surface area contributed by atoms with Crippen LogP contribution in [0.2, 0.25) is 5.02 Å². The summed E-state index contributed by atoms with van der Waals surface area (Å²) in [7, 11) is 0. The number of nitrogens with zero attached hydrogens (tertiary/aromatic N) is 4. The number of nitrogens with two attached hydrogens (primary N) is 1. The van der Waals surface area contributed by atoms with E-state index in [9.17, 15) is 9.90 Å². The molecule has 37 heavy (non-hydrogen) atoms. The zero-order valence-corrected chi connectivity index (χ0v) is 20.6. The van der Waals surface area contributed by atoms with Gasteiger partial charge in [0.05, 0.1) is 16.5 Å². The van der Waals surface area contributed by atoms with Gasteiger partial charge >= 0.3 is 5.97 Å². The van der Waals surface area contributed by atoms with Crippen LogP contribution >= 0.6 is 11.6 Å². The number of benzene rings is 2. The molecule has 1 aliphatic carbocycles. The molecule has 1 saturated carbocycles. The highest BCUT2D eigenvalue weighted by molar-refractivity contribution is 6.34. The Kier molecular flexibility index (Phi) is 5.88. The number of nitrogen functional groups attached to an aromatic ring is 1. The minimum absolute atomic E-state index is 0.113. The van der Waals surface area contributed by atoms with Crippen molar-refractivity contribution in [1.82, 2.24) is 19.4 Å². The van der Waals surface area contributed by atoms with Crippen molar-refractivity contribution in [1.29, 1.82) is 0 Å². The average molecular weight is 514 g/mol. The molecule has 8 nitrogen and oxygen atoms in total. The number of aromatic nitrogens is 4. The number of hydrogen-bond donors (Lipinski definition) is 2. The second-order valence-corrected chi connectivity index (χ2v) is 9.73. The topological polar surface area (TPSA) is 116 Å². The van der Waals surface area contributed by atoms with E-state index in [0.717, 1.165) is 24.1 Å². The van der Waals surface area contributed by atoms with Gasteiger partial charge in [0.25, 0.3) is 0 Å². The first-order valence-corrected chi connectivity index (χ1v) is 12.5. The van der Waals surface area contributed by atoms with Crippen LogP contribution < -0.4 is 10.5 Å². The Morgan fingerprint density at radius 1 is 1.05 bits per heavy atom. The van der Waals surface area contributed by atoms with Crippen molar-refractivity contribution in [2.45, 2.75) is 31.6 Å². The Bertz CT molecular complexity index is 1630. The third-order valence-corrected chi connectivity index (χ3v) is 7.34. The number of halogens is 1. The second-order valence-electron chi connectivity index (χ2n) is 9.33. The number of fused-ring (bicyclic) bond motifs is 2. The molecule has 0 radical (unpaired) electrons. The van der Waals surface area contributed by atoms with E-state index in [0.29, 0.717) is 57.6 Å². The number of ether oxygens (including phenoxy) is 1. The molecule has 1 aliphatic rings. The van der Waals surface area contributed by atoms with Crippen molar-refractivity contribution in [3.63, 3.8) is 0 Å². The summed E-state index contributed by atoms with van der Waals surface area (Å²) in [6, 6.07) is 17.0. The molecule has 1 fully saturated rings. The van der Waals surface area contributed by atoms with Gasteiger partial charge < -0.3 is 15.6 Å². The average Bonchev–Trinajstić information content (AvgIpc) is 3.30. The number of anilines is 1. The van der Waals surface area contributed by atoms with E-state index >= 15 is 0 Å². The maximum atomic E-state index is 11.4. The number of pyridine rings is 1. The Morgan fingerprint density at radius 2 is 1.84 bits per heavy atom. The monoisotopic (exact) mass is 513 g/mol. The zero-order chi connectivity index (χ0) is 25.5. The zero-order valence-electron chi connectivity index (χ0n) is 19.8. The van der Waals surface area contributed by atoms with Gasteiger partial charge in [0.15, 0.2) is 0 Å². The van der Waals surface area contributed by atoms with Gasteiger partial charge in [-0.25, -0.2) is 15.0 Å². The molecule has 5 aromatic rings. The number of aliphatic carboxylic acids is 1. The SMILES string of the molecule is Nc1nccn2c(C3CCC(C(=O)O)CC3)nc(-c3cc4nc(Oc5ccccc5)ccc4cc3Cl)c12. The fraction of sp³-hybridized carbons (Fsp3) is 0.214. The molecule has 0 bridgehead atoms. The van der Waals surface area contributed by atoms with Gasteiger partial charge in [0.2, 0.25) is 5.88 Å². The molecule has 0 saturated heterocycles. The van der Waals surface area contributed by atoms with Crippen molar-refractivity contribution in [2.24, 2.45) is 5.92 Å². The molecular weight excluding hydrogens is 490 g/mol. The van der Waals surface area contributed by atoms with E-state index in [1.54, 1.807) is 6.20 Å². The molecule has 186 valence electrons. The number of carbonyl (C=O) groups is 1. The summed E-state index contributed by atoms with van der Waals surface area (Å²) < 4.78 is 7.89. The maximum absolute atomic E-state index is 11.4. The minimum atomic E-state index is -0.730. The van der Waals surface area contributed by atoms with Crippen LogP contribution in [0.15, 0.2) is 67.0 Å². The third kappa shape index (κ3) is 4.34. The van der Waals surface area contributed by atoms with Crippen molar-refractivity contribution < 1.29 is 14.6 Å². The van der Waals surface area contributed by atoms with Gasteiger partial charge in [-0.15, -0.1) is 0 Å². The molecule has 3 aromatic heterocycles. The summed E-state index contributed by atoms with van der Waals surface area (Å²) in [5, 5.41) is 10.8. The highest BCUT2D eigenvalue weighted by Gasteiger charge is 2.30. The Morgan fingerprint density at radius 3 is 2.59 bits per heavy atom. The highest BCUT2D eigenvalue weighted by atomic mass is 35.5. The van der Waals surface area contributed by atoms with Crippen molar-refractivity contribution in [2.75, 3.05) is 5.73 Å². The van der Waals surface area contributed by atoms with Crippen LogP contribution in [0.4, 0.5) is 5.82 Å². The lowest BCUT2D eigenvalue weighted by Crippen LogP contribution is -2.21. The highest BCUT2D eigenvalue weighted by Crippen LogP contribution is 2.41. The van der Waals surface area contributed by atoms with Crippen LogP contribution in [0, 0.1) is 5.92 Å². The molecule has 0 atom stereocenters. The van der Waals surface area contributed by atoms with Crippen LogP contribution in [0.5, 0.6) is 11.6 Å². The van der Waals surface area contributed by atoms with Crippen molar-refractivity contribution in [3.05, 3.63) is 77.8 Å². The Balaban J connectivity index is 1.43. The summed E-state index contributed by atoms with van der Waals surface area (Å²) >= 11 is 6.77. The van der Waals surface area contributed by atoms with Gasteiger partial charge in [-0.2, -0.15) is 0 Å². The summed E-state index contributed by atoms with van der Waals surface area (Å²) in [6.45, 7) is 0. The lowest BCUT2D eigenvalue weighted by Gasteiger charge is -2.25. The fourth-order valence-corrected chi connectivity index (χ4v) is 5.40. The van der Waals surface area contributed by atoms with E-state index < -0.39 is 5.97 Å². The van der Waals surface area contributed by atoms with Crippen LogP contribution in [-0.2, 0) is 4.79 Å². The van der Waals surface area contributed by atoms with Crippen LogP contribution in [0.25, 0.3) is 27.7 Å². The maximum Gasteiger partial charge on any atom is 0.306 e. The van der Waals surface area contributed by atoms with Crippen LogP contribution in [-0.4, -0.2) is 30.4 Å². The van der Waals surface area contributed by atoms with Gasteiger partial charge in [-0.1, -0.05) is 29.8 Å². The Hall–Kier alpha value is -4.17. The van der Waals surface area contributed by atoms with E-state index in [1.807, 2.05) is 65.2 Å². The summed E-state index contributed by atoms with van der Waals surface area (Å²) in [5.41, 5.74) is 9.05. The van der Waals surface area contributed by atoms with Crippen LogP contribution in [0.1, 0.15) is 37.4 Å². The van der Waals surface area contributed by atoms with Gasteiger partial charge in [-0.3, -0.25) is 9.20 Å². The largest absolute Gasteiger partial charge is 0.481 e. The molecule has 6 rings (SSSR count). The lowest BCUT2D eigenvalue weighted by atomic mass is 9.81. The molecule has 0 spiro atoms. The van der Waals surface area contributed by atoms with E-state index in [1.165, 1.54) is 0 Å². The van der Waals surface area contributed by atoms with E-state index in [-0.39, 0.29) is 11.8 Å². The first-order valence-electron chi connectivity index (χ1n) is 12.2. The van der Waals surface area contributed by atoms with Crippen molar-refractivity contribution in [3.8, 4) is 22.9 Å². The predicted molar refractivity (Wildman–Crippen MR) is 142 cm³/mol. The normalized spacial score (nSPS) is 17.8. The van der Waals surface area contributed by atoms with E-state index in [2.05, 4.69) is 4.98 Å². The fourth-order valence-electron chi connectivity index (χ4n) is 5.13. The number of carboxylic acid groups (broad SMARTS) is 1. The molecule has 0 amide bonds. The smallest absolute Gasteiger partial charge is 0.306 e. The van der Waals surface area contributed by atoms with Gasteiger partial charge in [-0.05, 0) is 56.0 Å². The first kappa shape index (κ1) is 23.2. The predicted octanol–water partition coefficient (Wildman–Crippen LogP) is 6.33. The van der Waals surface area contributed by atoms with E-state index in [4.69, 9.17) is 32.0 Å². The molecular formula is C28H24ClN5O3. The standard InChI is InChI=1S/C28H24ClN5O3/c29-21-14-18-10-11-23(37-19-4-2-1-3-5-19)32-22(18)15-20(21)24-25-26(30)31-12-13-34(25)27(33-24)16-6-8-17(9-7-16)28(35)36/h1-5,10-17H,6-9H2,(H2,30,31)(H,35,36). The van der Waals surface area contributed by atoms with Gasteiger partial charge in [0, 0.05) is 35.3 Å². The number of carboxylic acids is 1. The molecule has 0 aliphatic heterocycles. The Labute approximate surface area is 217 Å². The summed E-state index contributed by atoms with van der Waals surface area (Å²) in [5.74, 6) is 1.44. The summed E-state index contributed by atoms with van der Waals surface area (Å²) in [6.07, 6.45) is 6.22. The molecule has 9 heteroatoms. The quantitative estimate of drug-likeness (QED) is 0.282. The molecule has 2 aromatic carbocycles. The lowest BCUT2D eigenvalue weighted by molar-refractivity contribution is -0.142.